The second-order valence-corrected chi connectivity index (χ2v) is 5.75. The average Bonchev–Trinajstić information content (AvgIpc) is 2.55. The van der Waals surface area contributed by atoms with Gasteiger partial charge in [-0.25, -0.2) is 0 Å². The third kappa shape index (κ3) is 5.29. The number of hydrogen-bond donors (Lipinski definition) is 1. The largest absolute Gasteiger partial charge is 0.375 e. The molecule has 4 nitrogen and oxygen atoms in total. The van der Waals surface area contributed by atoms with Gasteiger partial charge in [-0.05, 0) is 44.2 Å². The summed E-state index contributed by atoms with van der Waals surface area (Å²) >= 11 is 0. The zero-order chi connectivity index (χ0) is 14.9. The van der Waals surface area contributed by atoms with E-state index in [1.807, 2.05) is 0 Å². The van der Waals surface area contributed by atoms with Crippen molar-refractivity contribution in [3.63, 3.8) is 0 Å². The van der Waals surface area contributed by atoms with Gasteiger partial charge in [-0.2, -0.15) is 0 Å². The van der Waals surface area contributed by atoms with E-state index in [1.165, 1.54) is 24.9 Å². The van der Waals surface area contributed by atoms with Gasteiger partial charge in [0.1, 0.15) is 0 Å². The van der Waals surface area contributed by atoms with Crippen molar-refractivity contribution in [3.8, 4) is 0 Å². The van der Waals surface area contributed by atoms with Crippen molar-refractivity contribution >= 4 is 11.6 Å². The van der Waals surface area contributed by atoms with Crippen molar-refractivity contribution in [1.29, 1.82) is 0 Å². The fourth-order valence-corrected chi connectivity index (χ4v) is 2.69. The van der Waals surface area contributed by atoms with E-state index in [0.717, 1.165) is 45.0 Å². The SMILES string of the molecule is CN(CCCCN=C(N)N1CCCCC1)c1ccccc1. The van der Waals surface area contributed by atoms with Gasteiger partial charge in [0.05, 0.1) is 0 Å². The van der Waals surface area contributed by atoms with E-state index in [2.05, 4.69) is 52.2 Å². The zero-order valence-electron chi connectivity index (χ0n) is 13.2. The summed E-state index contributed by atoms with van der Waals surface area (Å²) in [6.45, 7) is 4.05. The molecule has 0 atom stereocenters. The molecule has 0 aliphatic carbocycles. The summed E-state index contributed by atoms with van der Waals surface area (Å²) in [6, 6.07) is 10.5. The Morgan fingerprint density at radius 1 is 1.14 bits per heavy atom. The molecule has 1 saturated heterocycles. The Balaban J connectivity index is 1.63. The number of aliphatic imine (C=N–C) groups is 1. The van der Waals surface area contributed by atoms with Crippen molar-refractivity contribution in [1.82, 2.24) is 4.90 Å². The van der Waals surface area contributed by atoms with Crippen molar-refractivity contribution in [3.05, 3.63) is 30.3 Å². The van der Waals surface area contributed by atoms with Crippen molar-refractivity contribution < 1.29 is 0 Å². The third-order valence-corrected chi connectivity index (χ3v) is 4.05. The van der Waals surface area contributed by atoms with Gasteiger partial charge in [-0.1, -0.05) is 18.2 Å². The molecule has 0 aromatic heterocycles. The van der Waals surface area contributed by atoms with Gasteiger partial charge >= 0.3 is 0 Å². The van der Waals surface area contributed by atoms with Crippen molar-refractivity contribution in [2.75, 3.05) is 38.1 Å². The molecular weight excluding hydrogens is 260 g/mol. The molecule has 0 unspecified atom stereocenters. The first-order chi connectivity index (χ1) is 10.3. The molecule has 1 aliphatic heterocycles. The van der Waals surface area contributed by atoms with Crippen LogP contribution >= 0.6 is 0 Å². The van der Waals surface area contributed by atoms with E-state index >= 15 is 0 Å². The number of piperidine rings is 1. The number of para-hydroxylation sites is 1. The molecule has 1 aromatic rings. The number of nitrogens with two attached hydrogens (primary N) is 1. The number of guanidine groups is 1. The van der Waals surface area contributed by atoms with Crippen LogP contribution in [0.25, 0.3) is 0 Å². The van der Waals surface area contributed by atoms with Gasteiger partial charge in [0.15, 0.2) is 5.96 Å². The molecule has 0 saturated carbocycles. The van der Waals surface area contributed by atoms with E-state index in [-0.39, 0.29) is 0 Å². The molecule has 1 aliphatic rings. The maximum atomic E-state index is 6.05. The van der Waals surface area contributed by atoms with E-state index < -0.39 is 0 Å². The molecule has 21 heavy (non-hydrogen) atoms. The van der Waals surface area contributed by atoms with Crippen LogP contribution in [0.3, 0.4) is 0 Å². The molecular formula is C17H28N4. The second kappa shape index (κ2) is 8.55. The van der Waals surface area contributed by atoms with Crippen LogP contribution in [0.15, 0.2) is 35.3 Å². The molecule has 0 bridgehead atoms. The lowest BCUT2D eigenvalue weighted by Gasteiger charge is -2.27. The Morgan fingerprint density at radius 3 is 2.57 bits per heavy atom. The Kier molecular flexibility index (Phi) is 6.38. The molecule has 2 rings (SSSR count). The third-order valence-electron chi connectivity index (χ3n) is 4.05. The Morgan fingerprint density at radius 2 is 1.86 bits per heavy atom. The predicted octanol–water partition coefficient (Wildman–Crippen LogP) is 2.70. The number of hydrogen-bond acceptors (Lipinski definition) is 2. The topological polar surface area (TPSA) is 44.9 Å². The van der Waals surface area contributed by atoms with Crippen LogP contribution in [-0.4, -0.2) is 44.1 Å². The maximum absolute atomic E-state index is 6.05. The van der Waals surface area contributed by atoms with Gasteiger partial charge in [-0.3, -0.25) is 4.99 Å². The molecule has 1 aromatic carbocycles. The number of likely N-dealkylation sites (tertiary alicyclic amines) is 1. The Hall–Kier alpha value is -1.71. The molecule has 1 heterocycles. The summed E-state index contributed by atoms with van der Waals surface area (Å²) in [6.07, 6.45) is 6.06. The smallest absolute Gasteiger partial charge is 0.191 e. The number of nitrogens with zero attached hydrogens (tertiary/aromatic N) is 3. The standard InChI is InChI=1S/C17H28N4/c1-20(16-10-4-2-5-11-16)13-9-6-12-19-17(18)21-14-7-3-8-15-21/h2,4-5,10-11H,3,6-9,12-15H2,1H3,(H2,18,19). The fraction of sp³-hybridized carbons (Fsp3) is 0.588. The first-order valence-corrected chi connectivity index (χ1v) is 8.08. The molecule has 0 radical (unpaired) electrons. The quantitative estimate of drug-likeness (QED) is 0.497. The van der Waals surface area contributed by atoms with E-state index in [1.54, 1.807) is 0 Å². The summed E-state index contributed by atoms with van der Waals surface area (Å²) < 4.78 is 0. The number of unbranched alkanes of at least 4 members (excludes halogenated alkanes) is 1. The van der Waals surface area contributed by atoms with Gasteiger partial charge < -0.3 is 15.5 Å². The second-order valence-electron chi connectivity index (χ2n) is 5.75. The van der Waals surface area contributed by atoms with Crippen molar-refractivity contribution in [2.45, 2.75) is 32.1 Å². The fourth-order valence-electron chi connectivity index (χ4n) is 2.69. The number of rotatable bonds is 6. The molecule has 2 N–H and O–H groups in total. The summed E-state index contributed by atoms with van der Waals surface area (Å²) in [5.41, 5.74) is 7.32. The zero-order valence-corrected chi connectivity index (χ0v) is 13.2. The highest BCUT2D eigenvalue weighted by Gasteiger charge is 2.11. The van der Waals surface area contributed by atoms with E-state index in [4.69, 9.17) is 5.73 Å². The first-order valence-electron chi connectivity index (χ1n) is 8.08. The lowest BCUT2D eigenvalue weighted by atomic mass is 10.1. The minimum Gasteiger partial charge on any atom is -0.375 e. The summed E-state index contributed by atoms with van der Waals surface area (Å²) in [7, 11) is 2.14. The summed E-state index contributed by atoms with van der Waals surface area (Å²) in [5, 5.41) is 0. The van der Waals surface area contributed by atoms with Crippen LogP contribution in [0.4, 0.5) is 5.69 Å². The minimum absolute atomic E-state index is 0.742. The normalized spacial score (nSPS) is 16.0. The molecule has 0 spiro atoms. The van der Waals surface area contributed by atoms with Crippen molar-refractivity contribution in [2.24, 2.45) is 10.7 Å². The first kappa shape index (κ1) is 15.7. The summed E-state index contributed by atoms with van der Waals surface area (Å²) in [4.78, 5) is 9.03. The van der Waals surface area contributed by atoms with Gasteiger partial charge in [-0.15, -0.1) is 0 Å². The van der Waals surface area contributed by atoms with Gasteiger partial charge in [0.25, 0.3) is 0 Å². The molecule has 116 valence electrons. The molecule has 0 amide bonds. The highest BCUT2D eigenvalue weighted by Crippen LogP contribution is 2.11. The monoisotopic (exact) mass is 288 g/mol. The van der Waals surface area contributed by atoms with Crippen LogP contribution in [0.5, 0.6) is 0 Å². The predicted molar refractivity (Wildman–Crippen MR) is 90.9 cm³/mol. The minimum atomic E-state index is 0.742. The van der Waals surface area contributed by atoms with Crippen LogP contribution in [-0.2, 0) is 0 Å². The highest BCUT2D eigenvalue weighted by molar-refractivity contribution is 5.78. The van der Waals surface area contributed by atoms with Gasteiger partial charge in [0, 0.05) is 38.9 Å². The Labute approximate surface area is 128 Å². The Bertz CT molecular complexity index is 424. The maximum Gasteiger partial charge on any atom is 0.191 e. The molecule has 4 heteroatoms. The van der Waals surface area contributed by atoms with Crippen LogP contribution in [0.2, 0.25) is 0 Å². The lowest BCUT2D eigenvalue weighted by molar-refractivity contribution is 0.338. The lowest BCUT2D eigenvalue weighted by Crippen LogP contribution is -2.40. The van der Waals surface area contributed by atoms with Crippen LogP contribution in [0, 0.1) is 0 Å². The van der Waals surface area contributed by atoms with Gasteiger partial charge in [0.2, 0.25) is 0 Å². The number of benzene rings is 1. The van der Waals surface area contributed by atoms with Crippen LogP contribution in [0.1, 0.15) is 32.1 Å². The van der Waals surface area contributed by atoms with E-state index in [9.17, 15) is 0 Å². The highest BCUT2D eigenvalue weighted by atomic mass is 15.2. The van der Waals surface area contributed by atoms with E-state index in [0.29, 0.717) is 0 Å². The summed E-state index contributed by atoms with van der Waals surface area (Å²) in [5.74, 6) is 0.742. The molecule has 1 fully saturated rings. The van der Waals surface area contributed by atoms with Crippen LogP contribution < -0.4 is 10.6 Å². The average molecular weight is 288 g/mol. The number of anilines is 1.